The Morgan fingerprint density at radius 3 is 2.43 bits per heavy atom. The molecule has 4 heteroatoms. The first-order chi connectivity index (χ1) is 9.97. The Kier molecular flexibility index (Phi) is 4.58. The zero-order chi connectivity index (χ0) is 15.4. The maximum atomic E-state index is 13.8. The van der Waals surface area contributed by atoms with E-state index >= 15 is 0 Å². The number of carbonyl (C=O) groups is 1. The quantitative estimate of drug-likeness (QED) is 0.891. The van der Waals surface area contributed by atoms with Crippen LogP contribution in [-0.4, -0.2) is 5.91 Å². The summed E-state index contributed by atoms with van der Waals surface area (Å²) in [5.74, 6) is -0.516. The molecule has 2 aromatic rings. The number of carbonyl (C=O) groups excluding carboxylic acids is 1. The minimum atomic E-state index is -0.338. The molecule has 0 aromatic heterocycles. The van der Waals surface area contributed by atoms with E-state index in [1.807, 2.05) is 32.0 Å². The van der Waals surface area contributed by atoms with Gasteiger partial charge in [-0.05, 0) is 48.7 Å². The molecule has 21 heavy (non-hydrogen) atoms. The van der Waals surface area contributed by atoms with Crippen molar-refractivity contribution < 1.29 is 9.18 Å². The first-order valence-corrected chi connectivity index (χ1v) is 6.83. The SMILES string of the molecule is CC(=O)Nc1ccc(F)c(NCc2c(C)cccc2C)c1. The molecule has 0 heterocycles. The maximum Gasteiger partial charge on any atom is 0.221 e. The highest BCUT2D eigenvalue weighted by Gasteiger charge is 2.07. The molecule has 1 amide bonds. The van der Waals surface area contributed by atoms with Gasteiger partial charge >= 0.3 is 0 Å². The maximum absolute atomic E-state index is 13.8. The second-order valence-corrected chi connectivity index (χ2v) is 5.10. The van der Waals surface area contributed by atoms with E-state index in [4.69, 9.17) is 0 Å². The number of anilines is 2. The van der Waals surface area contributed by atoms with Gasteiger partial charge in [-0.2, -0.15) is 0 Å². The van der Waals surface area contributed by atoms with Crippen molar-refractivity contribution in [1.82, 2.24) is 0 Å². The van der Waals surface area contributed by atoms with Gasteiger partial charge in [0.15, 0.2) is 0 Å². The van der Waals surface area contributed by atoms with Crippen molar-refractivity contribution in [1.29, 1.82) is 0 Å². The van der Waals surface area contributed by atoms with Gasteiger partial charge in [0.05, 0.1) is 5.69 Å². The van der Waals surface area contributed by atoms with E-state index in [0.29, 0.717) is 17.9 Å². The number of benzene rings is 2. The van der Waals surface area contributed by atoms with Gasteiger partial charge in [-0.3, -0.25) is 4.79 Å². The van der Waals surface area contributed by atoms with E-state index in [1.165, 1.54) is 24.1 Å². The third kappa shape index (κ3) is 3.81. The normalized spacial score (nSPS) is 10.3. The summed E-state index contributed by atoms with van der Waals surface area (Å²) in [6, 6.07) is 10.6. The zero-order valence-electron chi connectivity index (χ0n) is 12.5. The lowest BCUT2D eigenvalue weighted by Crippen LogP contribution is -2.08. The molecule has 2 N–H and O–H groups in total. The molecule has 0 aliphatic rings. The van der Waals surface area contributed by atoms with Crippen LogP contribution in [-0.2, 0) is 11.3 Å². The molecule has 2 aromatic carbocycles. The van der Waals surface area contributed by atoms with Crippen molar-refractivity contribution >= 4 is 17.3 Å². The summed E-state index contributed by atoms with van der Waals surface area (Å²) in [5.41, 5.74) is 4.44. The van der Waals surface area contributed by atoms with Gasteiger partial charge in [-0.1, -0.05) is 18.2 Å². The van der Waals surface area contributed by atoms with Gasteiger partial charge in [-0.25, -0.2) is 4.39 Å². The van der Waals surface area contributed by atoms with Crippen LogP contribution in [0.3, 0.4) is 0 Å². The molecule has 0 bridgehead atoms. The summed E-state index contributed by atoms with van der Waals surface area (Å²) in [6.07, 6.45) is 0. The highest BCUT2D eigenvalue weighted by Crippen LogP contribution is 2.22. The number of halogens is 1. The van der Waals surface area contributed by atoms with Crippen LogP contribution in [0.5, 0.6) is 0 Å². The molecule has 2 rings (SSSR count). The van der Waals surface area contributed by atoms with Crippen LogP contribution >= 0.6 is 0 Å². The molecule has 0 atom stereocenters. The van der Waals surface area contributed by atoms with E-state index in [9.17, 15) is 9.18 Å². The monoisotopic (exact) mass is 286 g/mol. The molecule has 0 fully saturated rings. The highest BCUT2D eigenvalue weighted by molar-refractivity contribution is 5.89. The van der Waals surface area contributed by atoms with Crippen molar-refractivity contribution in [2.75, 3.05) is 10.6 Å². The topological polar surface area (TPSA) is 41.1 Å². The highest BCUT2D eigenvalue weighted by atomic mass is 19.1. The minimum absolute atomic E-state index is 0.178. The Balaban J connectivity index is 2.18. The summed E-state index contributed by atoms with van der Waals surface area (Å²) in [4.78, 5) is 11.1. The van der Waals surface area contributed by atoms with E-state index < -0.39 is 0 Å². The summed E-state index contributed by atoms with van der Waals surface area (Å²) in [6.45, 7) is 6.04. The predicted molar refractivity (Wildman–Crippen MR) is 83.9 cm³/mol. The van der Waals surface area contributed by atoms with Crippen molar-refractivity contribution in [3.8, 4) is 0 Å². The van der Waals surface area contributed by atoms with Crippen LogP contribution < -0.4 is 10.6 Å². The molecular weight excluding hydrogens is 267 g/mol. The third-order valence-electron chi connectivity index (χ3n) is 3.39. The van der Waals surface area contributed by atoms with Crippen LogP contribution in [0.1, 0.15) is 23.6 Å². The number of rotatable bonds is 4. The fourth-order valence-corrected chi connectivity index (χ4v) is 2.25. The Labute approximate surface area is 124 Å². The van der Waals surface area contributed by atoms with E-state index in [1.54, 1.807) is 12.1 Å². The summed E-state index contributed by atoms with van der Waals surface area (Å²) >= 11 is 0. The van der Waals surface area contributed by atoms with Gasteiger partial charge in [0.1, 0.15) is 5.82 Å². The summed E-state index contributed by atoms with van der Waals surface area (Å²) in [7, 11) is 0. The number of aryl methyl sites for hydroxylation is 2. The van der Waals surface area contributed by atoms with Crippen LogP contribution in [0.4, 0.5) is 15.8 Å². The number of hydrogen-bond acceptors (Lipinski definition) is 2. The van der Waals surface area contributed by atoms with E-state index in [-0.39, 0.29) is 11.7 Å². The predicted octanol–water partition coefficient (Wildman–Crippen LogP) is 4.01. The molecule has 0 unspecified atom stereocenters. The van der Waals surface area contributed by atoms with Crippen molar-refractivity contribution in [2.45, 2.75) is 27.3 Å². The van der Waals surface area contributed by atoms with Crippen LogP contribution in [0, 0.1) is 19.7 Å². The van der Waals surface area contributed by atoms with Gasteiger partial charge < -0.3 is 10.6 Å². The molecule has 3 nitrogen and oxygen atoms in total. The number of nitrogens with one attached hydrogen (secondary N) is 2. The first kappa shape index (κ1) is 15.0. The van der Waals surface area contributed by atoms with Crippen LogP contribution in [0.2, 0.25) is 0 Å². The summed E-state index contributed by atoms with van der Waals surface area (Å²) < 4.78 is 13.8. The average molecular weight is 286 g/mol. The van der Waals surface area contributed by atoms with Gasteiger partial charge in [0, 0.05) is 19.2 Å². The lowest BCUT2D eigenvalue weighted by atomic mass is 10.0. The first-order valence-electron chi connectivity index (χ1n) is 6.83. The largest absolute Gasteiger partial charge is 0.379 e. The zero-order valence-corrected chi connectivity index (χ0v) is 12.5. The molecule has 0 saturated heterocycles. The van der Waals surface area contributed by atoms with Crippen molar-refractivity contribution in [2.24, 2.45) is 0 Å². The molecule has 0 radical (unpaired) electrons. The standard InChI is InChI=1S/C17H19FN2O/c1-11-5-4-6-12(2)15(11)10-19-17-9-14(20-13(3)21)7-8-16(17)18/h4-9,19H,10H2,1-3H3,(H,20,21). The fourth-order valence-electron chi connectivity index (χ4n) is 2.25. The Morgan fingerprint density at radius 1 is 1.14 bits per heavy atom. The average Bonchev–Trinajstić information content (AvgIpc) is 2.41. The molecular formula is C17H19FN2O. The van der Waals surface area contributed by atoms with Gasteiger partial charge in [-0.15, -0.1) is 0 Å². The molecule has 0 saturated carbocycles. The number of hydrogen-bond donors (Lipinski definition) is 2. The van der Waals surface area contributed by atoms with Gasteiger partial charge in [0.2, 0.25) is 5.91 Å². The Bertz CT molecular complexity index is 648. The molecule has 0 spiro atoms. The fraction of sp³-hybridized carbons (Fsp3) is 0.235. The lowest BCUT2D eigenvalue weighted by Gasteiger charge is -2.13. The van der Waals surface area contributed by atoms with Crippen molar-refractivity contribution in [3.63, 3.8) is 0 Å². The third-order valence-corrected chi connectivity index (χ3v) is 3.39. The molecule has 0 aliphatic carbocycles. The molecule has 0 aliphatic heterocycles. The van der Waals surface area contributed by atoms with Gasteiger partial charge in [0.25, 0.3) is 0 Å². The Morgan fingerprint density at radius 2 is 1.81 bits per heavy atom. The van der Waals surface area contributed by atoms with Crippen LogP contribution in [0.15, 0.2) is 36.4 Å². The van der Waals surface area contributed by atoms with E-state index in [2.05, 4.69) is 10.6 Å². The lowest BCUT2D eigenvalue weighted by molar-refractivity contribution is -0.114. The molecule has 110 valence electrons. The second kappa shape index (κ2) is 6.39. The summed E-state index contributed by atoms with van der Waals surface area (Å²) in [5, 5.41) is 5.75. The number of amides is 1. The smallest absolute Gasteiger partial charge is 0.221 e. The van der Waals surface area contributed by atoms with Crippen LogP contribution in [0.25, 0.3) is 0 Å². The minimum Gasteiger partial charge on any atom is -0.379 e. The van der Waals surface area contributed by atoms with Crippen molar-refractivity contribution in [3.05, 3.63) is 58.9 Å². The van der Waals surface area contributed by atoms with E-state index in [0.717, 1.165) is 5.56 Å². The Hall–Kier alpha value is -2.36. The second-order valence-electron chi connectivity index (χ2n) is 5.10.